The van der Waals surface area contributed by atoms with Gasteiger partial charge in [0, 0.05) is 13.2 Å². The second kappa shape index (κ2) is 40.2. The minimum absolute atomic E-state index is 0.137. The summed E-state index contributed by atoms with van der Waals surface area (Å²) >= 11 is 0. The molecule has 2 unspecified atom stereocenters. The molecule has 0 aliphatic heterocycles. The highest BCUT2D eigenvalue weighted by Crippen LogP contribution is 2.35. The summed E-state index contributed by atoms with van der Waals surface area (Å²) in [7, 11) is -4.51. The maximum atomic E-state index is 11.1. The van der Waals surface area contributed by atoms with Gasteiger partial charge in [-0.3, -0.25) is 9.32 Å². The maximum absolute atomic E-state index is 11.1. The molecule has 49 heavy (non-hydrogen) atoms. The third kappa shape index (κ3) is 45.4. The van der Waals surface area contributed by atoms with Crippen LogP contribution in [0, 0.1) is 0 Å². The molecule has 0 saturated carbocycles. The molecular formula is C38H80NO9P. The topological polar surface area (TPSA) is 169 Å². The summed E-state index contributed by atoms with van der Waals surface area (Å²) in [6, 6.07) is -1.13. The van der Waals surface area contributed by atoms with Crippen LogP contribution in [-0.2, 0) is 23.4 Å². The number of ether oxygens (including phenoxy) is 2. The number of aliphatic carboxylic acids is 1. The number of carbonyl (C=O) groups is 1. The van der Waals surface area contributed by atoms with Crippen molar-refractivity contribution in [1.82, 2.24) is 0 Å². The lowest BCUT2D eigenvalue weighted by atomic mass is 10.0. The molecule has 0 saturated heterocycles. The van der Waals surface area contributed by atoms with E-state index >= 15 is 0 Å². The van der Waals surface area contributed by atoms with Gasteiger partial charge >= 0.3 is 13.8 Å². The van der Waals surface area contributed by atoms with Gasteiger partial charge in [-0.2, -0.15) is 0 Å². The lowest BCUT2D eigenvalue weighted by molar-refractivity contribution is -0.139. The van der Waals surface area contributed by atoms with Crippen molar-refractivity contribution in [3.63, 3.8) is 0 Å². The van der Waals surface area contributed by atoms with E-state index in [1.807, 2.05) is 0 Å². The predicted molar refractivity (Wildman–Crippen MR) is 202 cm³/mol. The van der Waals surface area contributed by atoms with E-state index in [4.69, 9.17) is 39.7 Å². The highest BCUT2D eigenvalue weighted by atomic mass is 31.2. The summed E-state index contributed by atoms with van der Waals surface area (Å²) < 4.78 is 27.5. The Morgan fingerprint density at radius 1 is 0.571 bits per heavy atom. The smallest absolute Gasteiger partial charge is 0.469 e. The molecule has 6 N–H and O–H groups in total. The first-order valence-electron chi connectivity index (χ1n) is 20.2. The molecule has 0 spiro atoms. The lowest BCUT2D eigenvalue weighted by Gasteiger charge is -2.18. The zero-order chi connectivity index (χ0) is 36.7. The Hall–Kier alpha value is -0.580. The highest BCUT2D eigenvalue weighted by Gasteiger charge is 2.19. The van der Waals surface area contributed by atoms with E-state index in [1.165, 1.54) is 161 Å². The zero-order valence-electron chi connectivity index (χ0n) is 31.8. The number of carboxylic acid groups (broad SMARTS) is 1. The standard InChI is InChI=1S/C35H73O6P.C3H7NO3/c1-3-5-7-9-11-13-15-17-19-21-23-25-27-29-31-39-33-35(34-41-42(36,37)38)40-32-30-28-26-24-22-20-18-16-14-12-10-8-6-4-2;4-2(1-5)3(6)7/h35H,3-34H2,1-2H3,(H2,36,37,38);2,5H,1,4H2,(H,6,7). The number of hydrogen-bond donors (Lipinski definition) is 5. The molecule has 0 heterocycles. The summed E-state index contributed by atoms with van der Waals surface area (Å²) in [6.45, 7) is 5.46. The Morgan fingerprint density at radius 3 is 1.18 bits per heavy atom. The van der Waals surface area contributed by atoms with Gasteiger partial charge in [-0.1, -0.05) is 181 Å². The van der Waals surface area contributed by atoms with Crippen LogP contribution in [0.15, 0.2) is 0 Å². The zero-order valence-corrected chi connectivity index (χ0v) is 32.7. The molecule has 0 bridgehead atoms. The molecule has 2 atom stereocenters. The van der Waals surface area contributed by atoms with Crippen molar-refractivity contribution in [3.05, 3.63) is 0 Å². The number of nitrogens with two attached hydrogens (primary N) is 1. The SMILES string of the molecule is CCCCCCCCCCCCCCCCOCC(COP(=O)(O)O)OCCCCCCCCCCCCCCCC.NC(CO)C(=O)O. The second-order valence-corrected chi connectivity index (χ2v) is 14.9. The molecule has 296 valence electrons. The van der Waals surface area contributed by atoms with Crippen molar-refractivity contribution >= 4 is 13.8 Å². The van der Waals surface area contributed by atoms with Crippen molar-refractivity contribution in [2.45, 2.75) is 206 Å². The van der Waals surface area contributed by atoms with Crippen LogP contribution in [0.2, 0.25) is 0 Å². The van der Waals surface area contributed by atoms with Crippen LogP contribution in [0.1, 0.15) is 194 Å². The predicted octanol–water partition coefficient (Wildman–Crippen LogP) is 9.85. The normalized spacial score (nSPS) is 12.9. The maximum Gasteiger partial charge on any atom is 0.469 e. The summed E-state index contributed by atoms with van der Waals surface area (Å²) in [6.07, 6.45) is 36.5. The summed E-state index contributed by atoms with van der Waals surface area (Å²) in [5, 5.41) is 15.9. The van der Waals surface area contributed by atoms with Crippen molar-refractivity contribution < 1.29 is 43.4 Å². The monoisotopic (exact) mass is 726 g/mol. The number of aliphatic hydroxyl groups excluding tert-OH is 1. The summed E-state index contributed by atoms with van der Waals surface area (Å²) in [5.41, 5.74) is 4.77. The molecule has 0 aliphatic rings. The van der Waals surface area contributed by atoms with Crippen LogP contribution in [0.5, 0.6) is 0 Å². The largest absolute Gasteiger partial charge is 0.480 e. The molecule has 0 fully saturated rings. The molecule has 0 radical (unpaired) electrons. The van der Waals surface area contributed by atoms with Crippen LogP contribution in [0.4, 0.5) is 0 Å². The Morgan fingerprint density at radius 2 is 0.898 bits per heavy atom. The molecule has 0 aromatic heterocycles. The van der Waals surface area contributed by atoms with Crippen molar-refractivity contribution in [1.29, 1.82) is 0 Å². The van der Waals surface area contributed by atoms with Gasteiger partial charge in [-0.05, 0) is 12.8 Å². The van der Waals surface area contributed by atoms with E-state index in [2.05, 4.69) is 13.8 Å². The molecule has 0 aromatic rings. The minimum Gasteiger partial charge on any atom is -0.480 e. The average molecular weight is 726 g/mol. The van der Waals surface area contributed by atoms with Gasteiger partial charge in [0.05, 0.1) is 19.8 Å². The van der Waals surface area contributed by atoms with Crippen molar-refractivity contribution in [3.8, 4) is 0 Å². The van der Waals surface area contributed by atoms with Gasteiger partial charge in [0.25, 0.3) is 0 Å². The molecule has 11 heteroatoms. The number of rotatable bonds is 38. The van der Waals surface area contributed by atoms with Gasteiger partial charge in [0.1, 0.15) is 12.1 Å². The molecule has 0 aromatic carbocycles. The number of phosphoric acid groups is 1. The molecular weight excluding hydrogens is 645 g/mol. The van der Waals surface area contributed by atoms with E-state index in [-0.39, 0.29) is 6.61 Å². The third-order valence-corrected chi connectivity index (χ3v) is 9.23. The molecule has 0 aliphatic carbocycles. The lowest BCUT2D eigenvalue weighted by Crippen LogP contribution is -2.33. The number of hydrogen-bond acceptors (Lipinski definition) is 7. The van der Waals surface area contributed by atoms with Gasteiger partial charge < -0.3 is 35.2 Å². The van der Waals surface area contributed by atoms with E-state index < -0.39 is 32.5 Å². The van der Waals surface area contributed by atoms with Gasteiger partial charge in [0.2, 0.25) is 0 Å². The highest BCUT2D eigenvalue weighted by molar-refractivity contribution is 7.46. The summed E-state index contributed by atoms with van der Waals surface area (Å²) in [4.78, 5) is 27.8. The van der Waals surface area contributed by atoms with E-state index in [1.54, 1.807) is 0 Å². The van der Waals surface area contributed by atoms with E-state index in [0.29, 0.717) is 19.8 Å². The van der Waals surface area contributed by atoms with Gasteiger partial charge in [-0.15, -0.1) is 0 Å². The molecule has 0 rings (SSSR count). The van der Waals surface area contributed by atoms with Gasteiger partial charge in [0.15, 0.2) is 0 Å². The third-order valence-electron chi connectivity index (χ3n) is 8.74. The fraction of sp³-hybridized carbons (Fsp3) is 0.974. The first-order valence-corrected chi connectivity index (χ1v) is 21.7. The summed E-state index contributed by atoms with van der Waals surface area (Å²) in [5.74, 6) is -1.18. The Kier molecular flexibility index (Phi) is 41.4. The Bertz CT molecular complexity index is 711. The number of phosphoric ester groups is 1. The fourth-order valence-corrected chi connectivity index (χ4v) is 5.92. The van der Waals surface area contributed by atoms with Crippen LogP contribution >= 0.6 is 7.82 Å². The van der Waals surface area contributed by atoms with E-state index in [9.17, 15) is 9.36 Å². The number of aliphatic hydroxyl groups is 1. The van der Waals surface area contributed by atoms with Crippen LogP contribution in [0.3, 0.4) is 0 Å². The quantitative estimate of drug-likeness (QED) is 0.0305. The van der Waals surface area contributed by atoms with Crippen LogP contribution < -0.4 is 5.73 Å². The average Bonchev–Trinajstić information content (AvgIpc) is 3.07. The molecule has 0 amide bonds. The Labute approximate surface area is 301 Å². The fourth-order valence-electron chi connectivity index (χ4n) is 5.56. The van der Waals surface area contributed by atoms with E-state index in [0.717, 1.165) is 19.3 Å². The van der Waals surface area contributed by atoms with Gasteiger partial charge in [-0.25, -0.2) is 4.57 Å². The van der Waals surface area contributed by atoms with Crippen molar-refractivity contribution in [2.24, 2.45) is 5.73 Å². The first kappa shape index (κ1) is 50.5. The minimum atomic E-state index is -4.51. The van der Waals surface area contributed by atoms with Crippen LogP contribution in [-0.4, -0.2) is 71.1 Å². The number of carboxylic acids is 1. The van der Waals surface area contributed by atoms with Crippen LogP contribution in [0.25, 0.3) is 0 Å². The second-order valence-electron chi connectivity index (χ2n) is 13.7. The Balaban J connectivity index is 0. The molecule has 10 nitrogen and oxygen atoms in total. The number of unbranched alkanes of at least 4 members (excludes halogenated alkanes) is 26. The first-order chi connectivity index (χ1) is 23.7. The van der Waals surface area contributed by atoms with Crippen molar-refractivity contribution in [2.75, 3.05) is 33.0 Å².